The number of pyridine rings is 1. The number of hydrogen-bond donors (Lipinski definition) is 1. The number of amides is 1. The molecule has 5 rings (SSSR count). The van der Waals surface area contributed by atoms with Gasteiger partial charge in [0.1, 0.15) is 24.3 Å². The predicted octanol–water partition coefficient (Wildman–Crippen LogP) is 4.29. The Morgan fingerprint density at radius 1 is 1.03 bits per heavy atom. The van der Waals surface area contributed by atoms with E-state index in [1.807, 2.05) is 29.7 Å². The van der Waals surface area contributed by atoms with Gasteiger partial charge in [-0.25, -0.2) is 28.8 Å². The van der Waals surface area contributed by atoms with E-state index in [0.717, 1.165) is 27.8 Å². The van der Waals surface area contributed by atoms with E-state index in [2.05, 4.69) is 30.1 Å². The quantitative estimate of drug-likeness (QED) is 0.445. The number of hydrogen-bond acceptors (Lipinski definition) is 6. The van der Waals surface area contributed by atoms with Gasteiger partial charge in [0.2, 0.25) is 0 Å². The average Bonchev–Trinajstić information content (AvgIpc) is 3.48. The Morgan fingerprint density at radius 3 is 2.55 bits per heavy atom. The maximum absolute atomic E-state index is 13.4. The van der Waals surface area contributed by atoms with E-state index in [1.165, 1.54) is 25.6 Å². The van der Waals surface area contributed by atoms with Crippen LogP contribution in [0.5, 0.6) is 0 Å². The first-order valence-electron chi connectivity index (χ1n) is 9.99. The number of anilines is 1. The van der Waals surface area contributed by atoms with Gasteiger partial charge in [0.05, 0.1) is 35.7 Å². The summed E-state index contributed by atoms with van der Waals surface area (Å²) in [6.07, 6.45) is 4.23. The van der Waals surface area contributed by atoms with Gasteiger partial charge < -0.3 is 4.74 Å². The van der Waals surface area contributed by atoms with Gasteiger partial charge in [-0.3, -0.25) is 9.88 Å². The lowest BCUT2D eigenvalue weighted by molar-refractivity contribution is 0.187. The number of methoxy groups -OCH3 is 1. The van der Waals surface area contributed by atoms with Crippen molar-refractivity contribution in [3.8, 4) is 22.8 Å². The van der Waals surface area contributed by atoms with Crippen LogP contribution >= 0.6 is 0 Å². The molecule has 0 aliphatic heterocycles. The molecule has 5 aromatic rings. The zero-order valence-corrected chi connectivity index (χ0v) is 17.7. The third-order valence-electron chi connectivity index (χ3n) is 5.16. The first-order valence-corrected chi connectivity index (χ1v) is 9.99. The Morgan fingerprint density at radius 2 is 1.82 bits per heavy atom. The molecule has 3 heterocycles. The molecule has 0 bridgehead atoms. The number of aromatic nitrogens is 6. The maximum atomic E-state index is 13.4. The third kappa shape index (κ3) is 3.78. The lowest BCUT2D eigenvalue weighted by Gasteiger charge is -2.10. The summed E-state index contributed by atoms with van der Waals surface area (Å²) in [4.78, 5) is 24.6. The standard InChI is InChI=1S/C23H18FN7O2/c1-14-9-15(22-26-12-28-31(22)17-5-3-16(24)4-6-17)10-19-21(14)27-13-30(19)18-7-8-20(25-11-18)29-23(32)33-2/h3-13H,1-2H3,(H,25,29,32). The number of carbonyl (C=O) groups is 1. The van der Waals surface area contributed by atoms with Crippen LogP contribution in [0.4, 0.5) is 15.0 Å². The highest BCUT2D eigenvalue weighted by Crippen LogP contribution is 2.28. The highest BCUT2D eigenvalue weighted by Gasteiger charge is 2.15. The van der Waals surface area contributed by atoms with Gasteiger partial charge in [0.25, 0.3) is 0 Å². The zero-order valence-electron chi connectivity index (χ0n) is 17.7. The molecule has 9 nitrogen and oxygen atoms in total. The molecular weight excluding hydrogens is 425 g/mol. The summed E-state index contributed by atoms with van der Waals surface area (Å²) in [5.74, 6) is 0.678. The molecule has 0 fully saturated rings. The van der Waals surface area contributed by atoms with Gasteiger partial charge in [-0.2, -0.15) is 5.10 Å². The molecule has 1 amide bonds. The lowest BCUT2D eigenvalue weighted by Crippen LogP contribution is -2.12. The van der Waals surface area contributed by atoms with Crippen LogP contribution in [0.15, 0.2) is 67.4 Å². The number of carbonyl (C=O) groups excluding carboxylic acids is 1. The smallest absolute Gasteiger partial charge is 0.412 e. The molecular formula is C23H18FN7O2. The first-order chi connectivity index (χ1) is 16.0. The number of rotatable bonds is 4. The van der Waals surface area contributed by atoms with Gasteiger partial charge in [-0.1, -0.05) is 0 Å². The van der Waals surface area contributed by atoms with E-state index >= 15 is 0 Å². The fraction of sp³-hybridized carbons (Fsp3) is 0.0870. The summed E-state index contributed by atoms with van der Waals surface area (Å²) in [5, 5.41) is 6.84. The van der Waals surface area contributed by atoms with Crippen LogP contribution in [0.25, 0.3) is 33.8 Å². The lowest BCUT2D eigenvalue weighted by atomic mass is 10.1. The Balaban J connectivity index is 1.57. The Kier molecular flexibility index (Phi) is 5.02. The number of aryl methyl sites for hydroxylation is 1. The van der Waals surface area contributed by atoms with Gasteiger partial charge in [-0.15, -0.1) is 0 Å². The number of nitrogens with one attached hydrogen (secondary N) is 1. The number of imidazole rings is 1. The summed E-state index contributed by atoms with van der Waals surface area (Å²) in [6.45, 7) is 1.98. The van der Waals surface area contributed by atoms with Crippen LogP contribution in [-0.2, 0) is 4.74 Å². The molecule has 2 aromatic carbocycles. The highest BCUT2D eigenvalue weighted by molar-refractivity contribution is 5.86. The molecule has 0 saturated carbocycles. The molecule has 164 valence electrons. The molecule has 0 atom stereocenters. The summed E-state index contributed by atoms with van der Waals surface area (Å²) in [7, 11) is 1.29. The number of benzene rings is 2. The van der Waals surface area contributed by atoms with Crippen molar-refractivity contribution in [1.82, 2.24) is 29.3 Å². The largest absolute Gasteiger partial charge is 0.453 e. The van der Waals surface area contributed by atoms with Crippen LogP contribution in [0.2, 0.25) is 0 Å². The molecule has 0 radical (unpaired) electrons. The zero-order chi connectivity index (χ0) is 22.9. The molecule has 0 unspecified atom stereocenters. The minimum Gasteiger partial charge on any atom is -0.453 e. The summed E-state index contributed by atoms with van der Waals surface area (Å²) >= 11 is 0. The molecule has 0 saturated heterocycles. The van der Waals surface area contributed by atoms with E-state index in [0.29, 0.717) is 17.3 Å². The molecule has 3 aromatic heterocycles. The summed E-state index contributed by atoms with van der Waals surface area (Å²) in [5.41, 5.74) is 4.96. The highest BCUT2D eigenvalue weighted by atomic mass is 19.1. The van der Waals surface area contributed by atoms with Crippen LogP contribution < -0.4 is 5.32 Å². The number of nitrogens with zero attached hydrogens (tertiary/aromatic N) is 6. The molecule has 0 aliphatic carbocycles. The van der Waals surface area contributed by atoms with Crippen molar-refractivity contribution in [1.29, 1.82) is 0 Å². The summed E-state index contributed by atoms with van der Waals surface area (Å²) in [6, 6.07) is 13.5. The predicted molar refractivity (Wildman–Crippen MR) is 120 cm³/mol. The van der Waals surface area contributed by atoms with E-state index in [9.17, 15) is 9.18 Å². The second-order valence-electron chi connectivity index (χ2n) is 7.27. The van der Waals surface area contributed by atoms with Gasteiger partial charge in [0, 0.05) is 5.56 Å². The normalized spacial score (nSPS) is 11.0. The van der Waals surface area contributed by atoms with Crippen LogP contribution in [0, 0.1) is 12.7 Å². The van der Waals surface area contributed by atoms with Crippen LogP contribution in [0.3, 0.4) is 0 Å². The Labute approximate surface area is 187 Å². The van der Waals surface area contributed by atoms with Crippen molar-refractivity contribution < 1.29 is 13.9 Å². The van der Waals surface area contributed by atoms with Crippen molar-refractivity contribution in [3.05, 3.63) is 78.8 Å². The van der Waals surface area contributed by atoms with Gasteiger partial charge in [-0.05, 0) is 61.0 Å². The number of ether oxygens (including phenoxy) is 1. The molecule has 1 N–H and O–H groups in total. The van der Waals surface area contributed by atoms with E-state index < -0.39 is 6.09 Å². The van der Waals surface area contributed by atoms with Crippen molar-refractivity contribution in [2.75, 3.05) is 12.4 Å². The SMILES string of the molecule is COC(=O)Nc1ccc(-n2cnc3c(C)cc(-c4ncnn4-c4ccc(F)cc4)cc32)cn1. The van der Waals surface area contributed by atoms with Crippen molar-refractivity contribution >= 4 is 22.9 Å². The Bertz CT molecular complexity index is 1460. The third-order valence-corrected chi connectivity index (χ3v) is 5.16. The average molecular weight is 443 g/mol. The fourth-order valence-corrected chi connectivity index (χ4v) is 3.59. The van der Waals surface area contributed by atoms with E-state index in [1.54, 1.807) is 35.4 Å². The van der Waals surface area contributed by atoms with Crippen molar-refractivity contribution in [3.63, 3.8) is 0 Å². The second kappa shape index (κ2) is 8.15. The topological polar surface area (TPSA) is 99.7 Å². The first kappa shape index (κ1) is 20.3. The fourth-order valence-electron chi connectivity index (χ4n) is 3.59. The number of fused-ring (bicyclic) bond motifs is 1. The molecule has 33 heavy (non-hydrogen) atoms. The van der Waals surface area contributed by atoms with Crippen LogP contribution in [-0.4, -0.2) is 42.5 Å². The van der Waals surface area contributed by atoms with Gasteiger partial charge in [0.15, 0.2) is 5.82 Å². The molecule has 0 aliphatic rings. The van der Waals surface area contributed by atoms with Crippen LogP contribution in [0.1, 0.15) is 5.56 Å². The Hall–Kier alpha value is -4.60. The van der Waals surface area contributed by atoms with E-state index in [-0.39, 0.29) is 5.82 Å². The minimum atomic E-state index is -0.589. The van der Waals surface area contributed by atoms with Crippen molar-refractivity contribution in [2.24, 2.45) is 0 Å². The number of halogens is 1. The minimum absolute atomic E-state index is 0.317. The van der Waals surface area contributed by atoms with Crippen molar-refractivity contribution in [2.45, 2.75) is 6.92 Å². The van der Waals surface area contributed by atoms with Gasteiger partial charge >= 0.3 is 6.09 Å². The molecule has 10 heteroatoms. The second-order valence-corrected chi connectivity index (χ2v) is 7.27. The monoisotopic (exact) mass is 443 g/mol. The maximum Gasteiger partial charge on any atom is 0.412 e. The molecule has 0 spiro atoms. The van der Waals surface area contributed by atoms with E-state index in [4.69, 9.17) is 0 Å². The summed E-state index contributed by atoms with van der Waals surface area (Å²) < 4.78 is 21.5.